The highest BCUT2D eigenvalue weighted by molar-refractivity contribution is 7.91. The zero-order chi connectivity index (χ0) is 17.2. The van der Waals surface area contributed by atoms with E-state index >= 15 is 0 Å². The number of sulfonamides is 1. The first-order valence-corrected chi connectivity index (χ1v) is 9.44. The summed E-state index contributed by atoms with van der Waals surface area (Å²) in [7, 11) is -2.06. The summed E-state index contributed by atoms with van der Waals surface area (Å²) >= 11 is 1.14. The lowest BCUT2D eigenvalue weighted by atomic mass is 10.2. The quantitative estimate of drug-likeness (QED) is 0.726. The Kier molecular flexibility index (Phi) is 4.70. The number of nitrogens with one attached hydrogen (secondary N) is 1. The van der Waals surface area contributed by atoms with Crippen molar-refractivity contribution < 1.29 is 17.7 Å². The van der Waals surface area contributed by atoms with Crippen LogP contribution in [0.5, 0.6) is 5.75 Å². The van der Waals surface area contributed by atoms with Gasteiger partial charge >= 0.3 is 0 Å². The topological polar surface area (TPSA) is 81.4 Å². The molecular formula is C16H16N2O4S2. The lowest BCUT2D eigenvalue weighted by Gasteiger charge is -2.09. The standard InChI is InChI=1S/C16H16N2O4S2/c1-11-9-14(22-18-11)15-7-8-16(23-15)24(19,20)17-10-12-5-3-4-6-13(12)21-2/h3-9,17H,10H2,1-2H3. The van der Waals surface area contributed by atoms with Gasteiger partial charge in [0.25, 0.3) is 0 Å². The first kappa shape index (κ1) is 16.7. The van der Waals surface area contributed by atoms with Crippen LogP contribution >= 0.6 is 11.3 Å². The van der Waals surface area contributed by atoms with Crippen molar-refractivity contribution in [3.05, 3.63) is 53.7 Å². The van der Waals surface area contributed by atoms with E-state index in [1.54, 1.807) is 31.4 Å². The van der Waals surface area contributed by atoms with Crippen LogP contribution in [0.4, 0.5) is 0 Å². The summed E-state index contributed by atoms with van der Waals surface area (Å²) in [4.78, 5) is 0.716. The average Bonchev–Trinajstić information content (AvgIpc) is 3.22. The molecule has 0 amide bonds. The molecule has 0 aliphatic carbocycles. The second kappa shape index (κ2) is 6.76. The van der Waals surface area contributed by atoms with Crippen LogP contribution < -0.4 is 9.46 Å². The molecule has 0 saturated carbocycles. The van der Waals surface area contributed by atoms with E-state index in [2.05, 4.69) is 9.88 Å². The van der Waals surface area contributed by atoms with Gasteiger partial charge in [-0.25, -0.2) is 13.1 Å². The number of aryl methyl sites for hydroxylation is 1. The summed E-state index contributed by atoms with van der Waals surface area (Å²) in [5, 5.41) is 3.81. The third kappa shape index (κ3) is 3.50. The minimum Gasteiger partial charge on any atom is -0.496 e. The fraction of sp³-hybridized carbons (Fsp3) is 0.188. The number of thiophene rings is 1. The second-order valence-corrected chi connectivity index (χ2v) is 8.17. The highest BCUT2D eigenvalue weighted by atomic mass is 32.2. The lowest BCUT2D eigenvalue weighted by Crippen LogP contribution is -2.22. The number of methoxy groups -OCH3 is 1. The van der Waals surface area contributed by atoms with Gasteiger partial charge in [0.2, 0.25) is 10.0 Å². The smallest absolute Gasteiger partial charge is 0.250 e. The van der Waals surface area contributed by atoms with Crippen LogP contribution in [-0.2, 0) is 16.6 Å². The van der Waals surface area contributed by atoms with Crippen molar-refractivity contribution >= 4 is 21.4 Å². The van der Waals surface area contributed by atoms with Crippen molar-refractivity contribution in [2.45, 2.75) is 17.7 Å². The number of hydrogen-bond acceptors (Lipinski definition) is 6. The zero-order valence-electron chi connectivity index (χ0n) is 13.1. The molecule has 0 bridgehead atoms. The van der Waals surface area contributed by atoms with Crippen LogP contribution in [-0.4, -0.2) is 20.7 Å². The molecule has 3 aromatic rings. The number of benzene rings is 1. The van der Waals surface area contributed by atoms with E-state index in [9.17, 15) is 8.42 Å². The summed E-state index contributed by atoms with van der Waals surface area (Å²) in [5.74, 6) is 1.20. The molecule has 1 aromatic carbocycles. The predicted octanol–water partition coefficient (Wildman–Crippen LogP) is 3.20. The Morgan fingerprint density at radius 1 is 1.25 bits per heavy atom. The van der Waals surface area contributed by atoms with Gasteiger partial charge in [-0.3, -0.25) is 0 Å². The van der Waals surface area contributed by atoms with Gasteiger partial charge in [-0.15, -0.1) is 11.3 Å². The maximum absolute atomic E-state index is 12.5. The van der Waals surface area contributed by atoms with Gasteiger partial charge in [0.15, 0.2) is 5.76 Å². The predicted molar refractivity (Wildman–Crippen MR) is 91.6 cm³/mol. The van der Waals surface area contributed by atoms with Crippen LogP contribution in [0.25, 0.3) is 10.6 Å². The second-order valence-electron chi connectivity index (χ2n) is 5.09. The fourth-order valence-electron chi connectivity index (χ4n) is 2.17. The van der Waals surface area contributed by atoms with Crippen LogP contribution in [0, 0.1) is 6.92 Å². The molecule has 0 atom stereocenters. The molecule has 0 unspecified atom stereocenters. The SMILES string of the molecule is COc1ccccc1CNS(=O)(=O)c1ccc(-c2cc(C)no2)s1. The summed E-state index contributed by atoms with van der Waals surface area (Å²) in [6.07, 6.45) is 0. The van der Waals surface area contributed by atoms with Gasteiger partial charge in [-0.05, 0) is 25.1 Å². The lowest BCUT2D eigenvalue weighted by molar-refractivity contribution is 0.409. The van der Waals surface area contributed by atoms with E-state index in [1.807, 2.05) is 25.1 Å². The molecular weight excluding hydrogens is 348 g/mol. The fourth-order valence-corrected chi connectivity index (χ4v) is 4.48. The number of ether oxygens (including phenoxy) is 1. The molecule has 0 saturated heterocycles. The minimum absolute atomic E-state index is 0.154. The summed E-state index contributed by atoms with van der Waals surface area (Å²) in [6, 6.07) is 12.3. The third-order valence-corrected chi connectivity index (χ3v) is 6.36. The van der Waals surface area contributed by atoms with E-state index in [0.29, 0.717) is 16.4 Å². The molecule has 2 heterocycles. The minimum atomic E-state index is -3.61. The van der Waals surface area contributed by atoms with Crippen LogP contribution in [0.15, 0.2) is 51.2 Å². The number of aromatic nitrogens is 1. The molecule has 24 heavy (non-hydrogen) atoms. The maximum atomic E-state index is 12.5. The van der Waals surface area contributed by atoms with Crippen LogP contribution in [0.2, 0.25) is 0 Å². The number of rotatable bonds is 6. The van der Waals surface area contributed by atoms with Gasteiger partial charge in [-0.1, -0.05) is 23.4 Å². The summed E-state index contributed by atoms with van der Waals surface area (Å²) in [6.45, 7) is 1.97. The third-order valence-electron chi connectivity index (χ3n) is 3.36. The largest absolute Gasteiger partial charge is 0.496 e. The molecule has 8 heteroatoms. The van der Waals surface area contributed by atoms with Crippen molar-refractivity contribution in [3.63, 3.8) is 0 Å². The normalized spacial score (nSPS) is 11.6. The Morgan fingerprint density at radius 2 is 2.04 bits per heavy atom. The summed E-state index contributed by atoms with van der Waals surface area (Å²) < 4.78 is 38.1. The van der Waals surface area contributed by atoms with Gasteiger partial charge in [-0.2, -0.15) is 0 Å². The average molecular weight is 364 g/mol. The van der Waals surface area contributed by atoms with E-state index < -0.39 is 10.0 Å². The Morgan fingerprint density at radius 3 is 2.75 bits per heavy atom. The van der Waals surface area contributed by atoms with Gasteiger partial charge < -0.3 is 9.26 Å². The molecule has 0 fully saturated rings. The molecule has 2 aromatic heterocycles. The van der Waals surface area contributed by atoms with Crippen molar-refractivity contribution in [2.75, 3.05) is 7.11 Å². The Hall–Kier alpha value is -2.16. The number of nitrogens with zero attached hydrogens (tertiary/aromatic N) is 1. The molecule has 126 valence electrons. The molecule has 0 aliphatic rings. The van der Waals surface area contributed by atoms with Gasteiger partial charge in [0.1, 0.15) is 9.96 Å². The molecule has 1 N–H and O–H groups in total. The monoisotopic (exact) mass is 364 g/mol. The van der Waals surface area contributed by atoms with Crippen LogP contribution in [0.1, 0.15) is 11.3 Å². The Labute approximate surface area is 144 Å². The number of para-hydroxylation sites is 1. The van der Waals surface area contributed by atoms with E-state index in [1.165, 1.54) is 0 Å². The first-order valence-electron chi connectivity index (χ1n) is 7.14. The van der Waals surface area contributed by atoms with Crippen molar-refractivity contribution in [3.8, 4) is 16.4 Å². The van der Waals surface area contributed by atoms with Gasteiger partial charge in [0, 0.05) is 18.2 Å². The zero-order valence-corrected chi connectivity index (χ0v) is 14.8. The van der Waals surface area contributed by atoms with Gasteiger partial charge in [0.05, 0.1) is 17.7 Å². The molecule has 0 aliphatic heterocycles. The Balaban J connectivity index is 1.77. The Bertz CT molecular complexity index is 944. The van der Waals surface area contributed by atoms with E-state index in [4.69, 9.17) is 9.26 Å². The molecule has 3 rings (SSSR count). The molecule has 0 radical (unpaired) electrons. The van der Waals surface area contributed by atoms with Crippen molar-refractivity contribution in [2.24, 2.45) is 0 Å². The van der Waals surface area contributed by atoms with E-state index in [-0.39, 0.29) is 10.8 Å². The first-order chi connectivity index (χ1) is 11.5. The van der Waals surface area contributed by atoms with Crippen molar-refractivity contribution in [1.29, 1.82) is 0 Å². The number of hydrogen-bond donors (Lipinski definition) is 1. The highest BCUT2D eigenvalue weighted by Gasteiger charge is 2.19. The molecule has 0 spiro atoms. The van der Waals surface area contributed by atoms with Crippen molar-refractivity contribution in [1.82, 2.24) is 9.88 Å². The maximum Gasteiger partial charge on any atom is 0.250 e. The van der Waals surface area contributed by atoms with Crippen LogP contribution in [0.3, 0.4) is 0 Å². The highest BCUT2D eigenvalue weighted by Crippen LogP contribution is 2.31. The van der Waals surface area contributed by atoms with E-state index in [0.717, 1.165) is 22.6 Å². The molecule has 6 nitrogen and oxygen atoms in total. The summed E-state index contributed by atoms with van der Waals surface area (Å²) in [5.41, 5.74) is 1.52.